The molecule has 0 radical (unpaired) electrons. The van der Waals surface area contributed by atoms with Gasteiger partial charge in [-0.1, -0.05) is 0 Å². The second-order valence-electron chi connectivity index (χ2n) is 4.17. The maximum absolute atomic E-state index is 11.5. The summed E-state index contributed by atoms with van der Waals surface area (Å²) in [7, 11) is 1.60. The number of nitrogens with zero attached hydrogens (tertiary/aromatic N) is 1. The van der Waals surface area contributed by atoms with E-state index in [4.69, 9.17) is 10.5 Å². The molecular formula is C12H17N3O2. The first-order valence-electron chi connectivity index (χ1n) is 5.75. The molecule has 1 saturated heterocycles. The minimum absolute atomic E-state index is 0.141. The first kappa shape index (κ1) is 11.9. The quantitative estimate of drug-likeness (QED) is 0.805. The molecular weight excluding hydrogens is 218 g/mol. The summed E-state index contributed by atoms with van der Waals surface area (Å²) in [5, 5.41) is 3.30. The third-order valence-corrected chi connectivity index (χ3v) is 3.14. The Morgan fingerprint density at radius 3 is 3.18 bits per heavy atom. The van der Waals surface area contributed by atoms with Crippen LogP contribution in [0.15, 0.2) is 18.3 Å². The van der Waals surface area contributed by atoms with Crippen LogP contribution in [0, 0.1) is 5.92 Å². The molecule has 17 heavy (non-hydrogen) atoms. The molecule has 0 aliphatic carbocycles. The number of hydrogen-bond acceptors (Lipinski definition) is 4. The number of aromatic nitrogens is 1. The maximum Gasteiger partial charge on any atom is 0.222 e. The van der Waals surface area contributed by atoms with Crippen molar-refractivity contribution in [2.45, 2.75) is 18.9 Å². The predicted octanol–water partition coefficient (Wildman–Crippen LogP) is 0.616. The van der Waals surface area contributed by atoms with Crippen LogP contribution in [-0.2, 0) is 4.79 Å². The van der Waals surface area contributed by atoms with Gasteiger partial charge < -0.3 is 15.8 Å². The van der Waals surface area contributed by atoms with E-state index in [0.29, 0.717) is 5.75 Å². The average molecular weight is 235 g/mol. The van der Waals surface area contributed by atoms with Crippen molar-refractivity contribution in [1.82, 2.24) is 10.3 Å². The number of carbonyl (C=O) groups excluding carboxylic acids is 1. The van der Waals surface area contributed by atoms with Gasteiger partial charge in [-0.25, -0.2) is 0 Å². The highest BCUT2D eigenvalue weighted by atomic mass is 16.5. The fourth-order valence-corrected chi connectivity index (χ4v) is 2.29. The Labute approximate surface area is 100 Å². The summed E-state index contributed by atoms with van der Waals surface area (Å²) in [6.45, 7) is 0.869. The molecule has 2 atom stereocenters. The molecule has 2 rings (SSSR count). The molecule has 92 valence electrons. The van der Waals surface area contributed by atoms with Crippen molar-refractivity contribution in [3.63, 3.8) is 0 Å². The largest absolute Gasteiger partial charge is 0.495 e. The number of amides is 1. The fourth-order valence-electron chi connectivity index (χ4n) is 2.29. The van der Waals surface area contributed by atoms with E-state index in [-0.39, 0.29) is 17.9 Å². The van der Waals surface area contributed by atoms with Crippen molar-refractivity contribution in [3.8, 4) is 5.75 Å². The molecule has 1 amide bonds. The zero-order valence-corrected chi connectivity index (χ0v) is 9.85. The van der Waals surface area contributed by atoms with E-state index in [1.807, 2.05) is 12.1 Å². The Kier molecular flexibility index (Phi) is 3.58. The topological polar surface area (TPSA) is 77.2 Å². The number of methoxy groups -OCH3 is 1. The highest BCUT2D eigenvalue weighted by molar-refractivity contribution is 5.77. The lowest BCUT2D eigenvalue weighted by Crippen LogP contribution is -2.41. The van der Waals surface area contributed by atoms with Crippen LogP contribution in [-0.4, -0.2) is 24.5 Å². The minimum atomic E-state index is -0.282. The van der Waals surface area contributed by atoms with Crippen molar-refractivity contribution in [3.05, 3.63) is 24.0 Å². The number of hydrogen-bond donors (Lipinski definition) is 2. The number of piperidine rings is 1. The van der Waals surface area contributed by atoms with Gasteiger partial charge in [-0.3, -0.25) is 9.78 Å². The van der Waals surface area contributed by atoms with Gasteiger partial charge in [0.1, 0.15) is 5.75 Å². The van der Waals surface area contributed by atoms with Crippen LogP contribution in [0.1, 0.15) is 24.6 Å². The molecule has 1 fully saturated rings. The van der Waals surface area contributed by atoms with Crippen molar-refractivity contribution in [2.24, 2.45) is 11.7 Å². The smallest absolute Gasteiger partial charge is 0.222 e. The highest BCUT2D eigenvalue weighted by Gasteiger charge is 2.32. The van der Waals surface area contributed by atoms with E-state index in [1.165, 1.54) is 0 Å². The maximum atomic E-state index is 11.5. The van der Waals surface area contributed by atoms with Crippen LogP contribution in [0.5, 0.6) is 5.75 Å². The summed E-state index contributed by atoms with van der Waals surface area (Å²) < 4.78 is 5.27. The van der Waals surface area contributed by atoms with Crippen molar-refractivity contribution in [1.29, 1.82) is 0 Å². The lowest BCUT2D eigenvalue weighted by Gasteiger charge is -2.30. The lowest BCUT2D eigenvalue weighted by molar-refractivity contribution is -0.123. The molecule has 1 aliphatic rings. The molecule has 0 aromatic carbocycles. The zero-order chi connectivity index (χ0) is 12.3. The highest BCUT2D eigenvalue weighted by Crippen LogP contribution is 2.32. The fraction of sp³-hybridized carbons (Fsp3) is 0.500. The number of pyridine rings is 1. The molecule has 2 heterocycles. The van der Waals surface area contributed by atoms with Crippen LogP contribution >= 0.6 is 0 Å². The SMILES string of the molecule is COc1cccnc1C1NCCCC1C(N)=O. The van der Waals surface area contributed by atoms with Crippen LogP contribution in [0.3, 0.4) is 0 Å². The first-order chi connectivity index (χ1) is 8.24. The van der Waals surface area contributed by atoms with E-state index >= 15 is 0 Å². The third kappa shape index (κ3) is 2.39. The first-order valence-corrected chi connectivity index (χ1v) is 5.75. The number of nitrogens with one attached hydrogen (secondary N) is 1. The lowest BCUT2D eigenvalue weighted by atomic mass is 9.87. The van der Waals surface area contributed by atoms with E-state index in [2.05, 4.69) is 10.3 Å². The molecule has 2 unspecified atom stereocenters. The second-order valence-corrected chi connectivity index (χ2v) is 4.17. The zero-order valence-electron chi connectivity index (χ0n) is 9.85. The third-order valence-electron chi connectivity index (χ3n) is 3.14. The molecule has 5 heteroatoms. The van der Waals surface area contributed by atoms with E-state index < -0.39 is 0 Å². The molecule has 5 nitrogen and oxygen atoms in total. The predicted molar refractivity (Wildman–Crippen MR) is 63.5 cm³/mol. The van der Waals surface area contributed by atoms with Crippen molar-refractivity contribution >= 4 is 5.91 Å². The van der Waals surface area contributed by atoms with Gasteiger partial charge in [0.2, 0.25) is 5.91 Å². The normalized spacial score (nSPS) is 24.3. The van der Waals surface area contributed by atoms with Crippen LogP contribution in [0.2, 0.25) is 0 Å². The van der Waals surface area contributed by atoms with Gasteiger partial charge in [0.25, 0.3) is 0 Å². The number of carbonyl (C=O) groups is 1. The van der Waals surface area contributed by atoms with Crippen LogP contribution < -0.4 is 15.8 Å². The molecule has 0 bridgehead atoms. The van der Waals surface area contributed by atoms with Gasteiger partial charge in [-0.2, -0.15) is 0 Å². The summed E-state index contributed by atoms with van der Waals surface area (Å²) in [5.74, 6) is 0.195. The Bertz CT molecular complexity index is 408. The Hall–Kier alpha value is -1.62. The second kappa shape index (κ2) is 5.14. The summed E-state index contributed by atoms with van der Waals surface area (Å²) in [6, 6.07) is 3.51. The van der Waals surface area contributed by atoms with Gasteiger partial charge in [-0.05, 0) is 31.5 Å². The van der Waals surface area contributed by atoms with E-state index in [0.717, 1.165) is 25.1 Å². The van der Waals surface area contributed by atoms with E-state index in [9.17, 15) is 4.79 Å². The van der Waals surface area contributed by atoms with E-state index in [1.54, 1.807) is 13.3 Å². The van der Waals surface area contributed by atoms with Crippen molar-refractivity contribution in [2.75, 3.05) is 13.7 Å². The summed E-state index contributed by atoms with van der Waals surface area (Å²) in [4.78, 5) is 15.8. The molecule has 1 aliphatic heterocycles. The number of rotatable bonds is 3. The Morgan fingerprint density at radius 1 is 1.65 bits per heavy atom. The molecule has 0 spiro atoms. The average Bonchev–Trinajstić information content (AvgIpc) is 2.38. The minimum Gasteiger partial charge on any atom is -0.495 e. The Morgan fingerprint density at radius 2 is 2.47 bits per heavy atom. The number of nitrogens with two attached hydrogens (primary N) is 1. The molecule has 0 saturated carbocycles. The summed E-state index contributed by atoms with van der Waals surface area (Å²) in [6.07, 6.45) is 3.46. The standard InChI is InChI=1S/C12H17N3O2/c1-17-9-5-3-7-15-11(9)10-8(12(13)16)4-2-6-14-10/h3,5,7-8,10,14H,2,4,6H2,1H3,(H2,13,16). The summed E-state index contributed by atoms with van der Waals surface area (Å²) in [5.41, 5.74) is 6.20. The van der Waals surface area contributed by atoms with Gasteiger partial charge in [-0.15, -0.1) is 0 Å². The monoisotopic (exact) mass is 235 g/mol. The molecule has 1 aromatic rings. The van der Waals surface area contributed by atoms with Gasteiger partial charge in [0.15, 0.2) is 0 Å². The van der Waals surface area contributed by atoms with Gasteiger partial charge in [0, 0.05) is 6.20 Å². The number of primary amides is 1. The molecule has 1 aromatic heterocycles. The van der Waals surface area contributed by atoms with Gasteiger partial charge >= 0.3 is 0 Å². The number of ether oxygens (including phenoxy) is 1. The Balaban J connectivity index is 2.32. The summed E-state index contributed by atoms with van der Waals surface area (Å²) >= 11 is 0. The van der Waals surface area contributed by atoms with Crippen LogP contribution in [0.25, 0.3) is 0 Å². The van der Waals surface area contributed by atoms with Crippen LogP contribution in [0.4, 0.5) is 0 Å². The van der Waals surface area contributed by atoms with Gasteiger partial charge in [0.05, 0.1) is 24.8 Å². The molecule has 3 N–H and O–H groups in total. The van der Waals surface area contributed by atoms with Crippen molar-refractivity contribution < 1.29 is 9.53 Å².